The van der Waals surface area contributed by atoms with Gasteiger partial charge < -0.3 is 15.2 Å². The van der Waals surface area contributed by atoms with Crippen LogP contribution >= 0.6 is 0 Å². The average Bonchev–Trinajstić information content (AvgIpc) is 2.70. The van der Waals surface area contributed by atoms with Gasteiger partial charge in [0.1, 0.15) is 5.56 Å². The number of nitrogens with one attached hydrogen (secondary N) is 1. The molecule has 0 saturated carbocycles. The molecule has 0 atom stereocenters. The monoisotopic (exact) mass is 255 g/mol. The fourth-order valence-electron chi connectivity index (χ4n) is 1.60. The number of aryl methyl sites for hydroxylation is 1. The molecule has 1 aromatic heterocycles. The van der Waals surface area contributed by atoms with Crippen molar-refractivity contribution < 1.29 is 14.6 Å². The summed E-state index contributed by atoms with van der Waals surface area (Å²) in [5.41, 5.74) is 0.948. The summed E-state index contributed by atoms with van der Waals surface area (Å²) in [6.45, 7) is 4.91. The molecule has 0 unspecified atom stereocenters. The van der Waals surface area contributed by atoms with Gasteiger partial charge in [0.15, 0.2) is 0 Å². The Bertz CT molecular complexity index is 377. The lowest BCUT2D eigenvalue weighted by molar-refractivity contribution is 0.0695. The largest absolute Gasteiger partial charge is 0.478 e. The highest BCUT2D eigenvalue weighted by Crippen LogP contribution is 2.06. The molecule has 0 amide bonds. The number of hydrogen-bond donors (Lipinski definition) is 2. The Morgan fingerprint density at radius 2 is 2.33 bits per heavy atom. The van der Waals surface area contributed by atoms with Crippen molar-refractivity contribution in [2.75, 3.05) is 19.8 Å². The maximum absolute atomic E-state index is 10.9. The molecule has 0 fully saturated rings. The normalized spacial score (nSPS) is 10.8. The molecular weight excluding hydrogens is 234 g/mol. The highest BCUT2D eigenvalue weighted by Gasteiger charge is 2.13. The van der Waals surface area contributed by atoms with Crippen LogP contribution in [-0.2, 0) is 18.3 Å². The van der Waals surface area contributed by atoms with E-state index in [1.165, 1.54) is 6.20 Å². The topological polar surface area (TPSA) is 76.4 Å². The van der Waals surface area contributed by atoms with Gasteiger partial charge in [0.25, 0.3) is 0 Å². The zero-order valence-electron chi connectivity index (χ0n) is 11.0. The number of carbonyl (C=O) groups is 1. The first-order valence-electron chi connectivity index (χ1n) is 6.19. The van der Waals surface area contributed by atoms with Gasteiger partial charge in [-0.3, -0.25) is 4.68 Å². The number of carboxylic acid groups (broad SMARTS) is 1. The smallest absolute Gasteiger partial charge is 0.339 e. The van der Waals surface area contributed by atoms with E-state index in [2.05, 4.69) is 17.3 Å². The molecule has 1 heterocycles. The van der Waals surface area contributed by atoms with E-state index in [-0.39, 0.29) is 5.56 Å². The van der Waals surface area contributed by atoms with Crippen LogP contribution < -0.4 is 5.32 Å². The maximum atomic E-state index is 10.9. The van der Waals surface area contributed by atoms with Gasteiger partial charge in [0.05, 0.1) is 11.9 Å². The second-order valence-electron chi connectivity index (χ2n) is 4.08. The Morgan fingerprint density at radius 1 is 1.56 bits per heavy atom. The van der Waals surface area contributed by atoms with Crippen molar-refractivity contribution >= 4 is 5.97 Å². The van der Waals surface area contributed by atoms with Gasteiger partial charge in [-0.1, -0.05) is 6.92 Å². The number of aromatic nitrogens is 2. The molecule has 0 spiro atoms. The van der Waals surface area contributed by atoms with Gasteiger partial charge in [0.2, 0.25) is 0 Å². The van der Waals surface area contributed by atoms with E-state index in [0.29, 0.717) is 12.2 Å². The zero-order chi connectivity index (χ0) is 13.4. The van der Waals surface area contributed by atoms with Gasteiger partial charge >= 0.3 is 5.97 Å². The van der Waals surface area contributed by atoms with E-state index in [1.807, 2.05) is 0 Å². The number of carboxylic acids is 1. The molecule has 6 nitrogen and oxygen atoms in total. The summed E-state index contributed by atoms with van der Waals surface area (Å²) in [6, 6.07) is 0. The SMILES string of the molecule is CCCOCCCNCc1c(C(=O)O)cnn1C. The summed E-state index contributed by atoms with van der Waals surface area (Å²) in [6.07, 6.45) is 3.33. The summed E-state index contributed by atoms with van der Waals surface area (Å²) in [5, 5.41) is 16.1. The third kappa shape index (κ3) is 4.46. The van der Waals surface area contributed by atoms with Crippen LogP contribution in [0, 0.1) is 0 Å². The Morgan fingerprint density at radius 3 is 3.00 bits per heavy atom. The van der Waals surface area contributed by atoms with Crippen LogP contribution in [0.25, 0.3) is 0 Å². The lowest BCUT2D eigenvalue weighted by Crippen LogP contribution is -2.20. The van der Waals surface area contributed by atoms with Crippen LogP contribution in [-0.4, -0.2) is 40.6 Å². The molecule has 0 aliphatic carbocycles. The molecule has 1 rings (SSSR count). The summed E-state index contributed by atoms with van der Waals surface area (Å²) < 4.78 is 6.94. The Labute approximate surface area is 107 Å². The van der Waals surface area contributed by atoms with Crippen molar-refractivity contribution in [1.82, 2.24) is 15.1 Å². The first kappa shape index (κ1) is 14.7. The van der Waals surface area contributed by atoms with Gasteiger partial charge in [-0.2, -0.15) is 5.10 Å². The molecule has 1 aromatic rings. The fourth-order valence-corrected chi connectivity index (χ4v) is 1.60. The molecule has 0 aliphatic rings. The van der Waals surface area contributed by atoms with E-state index < -0.39 is 5.97 Å². The van der Waals surface area contributed by atoms with E-state index in [1.54, 1.807) is 11.7 Å². The summed E-state index contributed by atoms with van der Waals surface area (Å²) in [4.78, 5) is 10.9. The molecule has 102 valence electrons. The van der Waals surface area contributed by atoms with Crippen molar-refractivity contribution in [3.63, 3.8) is 0 Å². The molecule has 0 aromatic carbocycles. The first-order valence-corrected chi connectivity index (χ1v) is 6.19. The van der Waals surface area contributed by atoms with Crippen LogP contribution in [0.3, 0.4) is 0 Å². The van der Waals surface area contributed by atoms with Gasteiger partial charge in [-0.15, -0.1) is 0 Å². The predicted octanol–water partition coefficient (Wildman–Crippen LogP) is 1.02. The molecule has 2 N–H and O–H groups in total. The lowest BCUT2D eigenvalue weighted by atomic mass is 10.2. The Kier molecular flexibility index (Phi) is 6.38. The summed E-state index contributed by atoms with van der Waals surface area (Å²) >= 11 is 0. The summed E-state index contributed by atoms with van der Waals surface area (Å²) in [5.74, 6) is -0.939. The molecule has 6 heteroatoms. The van der Waals surface area contributed by atoms with E-state index in [4.69, 9.17) is 9.84 Å². The van der Waals surface area contributed by atoms with Gasteiger partial charge in [-0.25, -0.2) is 4.79 Å². The molecule has 0 bridgehead atoms. The minimum Gasteiger partial charge on any atom is -0.478 e. The standard InChI is InChI=1S/C12H21N3O3/c1-3-6-18-7-4-5-13-9-11-10(12(16)17)8-14-15(11)2/h8,13H,3-7,9H2,1-2H3,(H,16,17). The Hall–Kier alpha value is -1.40. The maximum Gasteiger partial charge on any atom is 0.339 e. The molecule has 0 saturated heterocycles. The number of ether oxygens (including phenoxy) is 1. The highest BCUT2D eigenvalue weighted by atomic mass is 16.5. The zero-order valence-corrected chi connectivity index (χ0v) is 11.0. The number of nitrogens with zero attached hydrogens (tertiary/aromatic N) is 2. The van der Waals surface area contributed by atoms with E-state index in [0.717, 1.165) is 32.6 Å². The number of rotatable bonds is 9. The molecule has 0 radical (unpaired) electrons. The van der Waals surface area contributed by atoms with Crippen molar-refractivity contribution in [3.05, 3.63) is 17.5 Å². The quantitative estimate of drug-likeness (QED) is 0.644. The van der Waals surface area contributed by atoms with Crippen molar-refractivity contribution in [3.8, 4) is 0 Å². The van der Waals surface area contributed by atoms with E-state index >= 15 is 0 Å². The van der Waals surface area contributed by atoms with E-state index in [9.17, 15) is 4.79 Å². The molecular formula is C12H21N3O3. The molecule has 18 heavy (non-hydrogen) atoms. The highest BCUT2D eigenvalue weighted by molar-refractivity contribution is 5.88. The third-order valence-electron chi connectivity index (χ3n) is 2.58. The first-order chi connectivity index (χ1) is 8.66. The molecule has 0 aliphatic heterocycles. The third-order valence-corrected chi connectivity index (χ3v) is 2.58. The minimum absolute atomic E-state index is 0.257. The van der Waals surface area contributed by atoms with Crippen molar-refractivity contribution in [2.24, 2.45) is 7.05 Å². The van der Waals surface area contributed by atoms with Gasteiger partial charge in [-0.05, 0) is 19.4 Å². The van der Waals surface area contributed by atoms with Crippen LogP contribution in [0.5, 0.6) is 0 Å². The predicted molar refractivity (Wildman–Crippen MR) is 67.6 cm³/mol. The van der Waals surface area contributed by atoms with Crippen LogP contribution in [0.4, 0.5) is 0 Å². The lowest BCUT2D eigenvalue weighted by Gasteiger charge is -2.07. The number of hydrogen-bond acceptors (Lipinski definition) is 4. The van der Waals surface area contributed by atoms with Crippen molar-refractivity contribution in [1.29, 1.82) is 0 Å². The van der Waals surface area contributed by atoms with Gasteiger partial charge in [0, 0.05) is 26.8 Å². The van der Waals surface area contributed by atoms with Crippen molar-refractivity contribution in [2.45, 2.75) is 26.3 Å². The Balaban J connectivity index is 2.27. The van der Waals surface area contributed by atoms with Crippen LogP contribution in [0.2, 0.25) is 0 Å². The number of aromatic carboxylic acids is 1. The van der Waals surface area contributed by atoms with Crippen LogP contribution in [0.15, 0.2) is 6.20 Å². The average molecular weight is 255 g/mol. The minimum atomic E-state index is -0.939. The summed E-state index contributed by atoms with van der Waals surface area (Å²) in [7, 11) is 1.74. The van der Waals surface area contributed by atoms with Crippen LogP contribution in [0.1, 0.15) is 35.8 Å². The second kappa shape index (κ2) is 7.84. The second-order valence-corrected chi connectivity index (χ2v) is 4.08. The fraction of sp³-hybridized carbons (Fsp3) is 0.667.